The lowest BCUT2D eigenvalue weighted by atomic mass is 10.3. The Balaban J connectivity index is 2.54. The highest BCUT2D eigenvalue weighted by Gasteiger charge is 2.10. The molecule has 1 aromatic carbocycles. The minimum absolute atomic E-state index is 0.190. The Bertz CT molecular complexity index is 325. The van der Waals surface area contributed by atoms with Crippen LogP contribution in [0, 0.1) is 0 Å². The van der Waals surface area contributed by atoms with Gasteiger partial charge in [-0.05, 0) is 25.6 Å². The third kappa shape index (κ3) is 4.94. The Kier molecular flexibility index (Phi) is 7.22. The van der Waals surface area contributed by atoms with E-state index in [0.29, 0.717) is 19.8 Å². The molecule has 0 saturated heterocycles. The highest BCUT2D eigenvalue weighted by atomic mass is 16.5. The van der Waals surface area contributed by atoms with Crippen LogP contribution in [0.3, 0.4) is 0 Å². The van der Waals surface area contributed by atoms with E-state index in [0.717, 1.165) is 18.0 Å². The summed E-state index contributed by atoms with van der Waals surface area (Å²) >= 11 is 0. The maximum absolute atomic E-state index is 5.79. The van der Waals surface area contributed by atoms with Crippen molar-refractivity contribution in [2.45, 2.75) is 19.9 Å². The van der Waals surface area contributed by atoms with E-state index in [1.165, 1.54) is 0 Å². The van der Waals surface area contributed by atoms with Crippen molar-refractivity contribution in [2.24, 2.45) is 0 Å². The summed E-state index contributed by atoms with van der Waals surface area (Å²) in [5.74, 6) is 1.56. The maximum atomic E-state index is 5.79. The fourth-order valence-electron chi connectivity index (χ4n) is 1.69. The smallest absolute Gasteiger partial charge is 0.161 e. The second-order valence-corrected chi connectivity index (χ2v) is 3.90. The normalized spacial score (nSPS) is 12.2. The Labute approximate surface area is 109 Å². The van der Waals surface area contributed by atoms with Crippen molar-refractivity contribution in [3.05, 3.63) is 24.3 Å². The SMILES string of the molecule is CCNC(COC)COc1ccccc1OCC. The molecule has 0 radical (unpaired) electrons. The molecule has 0 aromatic heterocycles. The number of rotatable bonds is 9. The summed E-state index contributed by atoms with van der Waals surface area (Å²) in [4.78, 5) is 0. The van der Waals surface area contributed by atoms with E-state index >= 15 is 0 Å². The molecule has 4 heteroatoms. The van der Waals surface area contributed by atoms with Gasteiger partial charge in [-0.25, -0.2) is 0 Å². The predicted molar refractivity (Wildman–Crippen MR) is 72.4 cm³/mol. The van der Waals surface area contributed by atoms with Crippen molar-refractivity contribution >= 4 is 0 Å². The molecular weight excluding hydrogens is 230 g/mol. The number of hydrogen-bond donors (Lipinski definition) is 1. The summed E-state index contributed by atoms with van der Waals surface area (Å²) in [7, 11) is 1.69. The molecule has 1 atom stereocenters. The summed E-state index contributed by atoms with van der Waals surface area (Å²) in [6.45, 7) is 6.75. The van der Waals surface area contributed by atoms with Crippen LogP contribution in [0.5, 0.6) is 11.5 Å². The van der Waals surface area contributed by atoms with Crippen LogP contribution in [0.1, 0.15) is 13.8 Å². The first-order valence-electron chi connectivity index (χ1n) is 6.38. The standard InChI is InChI=1S/C14H23NO3/c1-4-15-12(10-16-3)11-18-14-9-7-6-8-13(14)17-5-2/h6-9,12,15H,4-5,10-11H2,1-3H3. The number of benzene rings is 1. The summed E-state index contributed by atoms with van der Waals surface area (Å²) in [6, 6.07) is 7.90. The molecule has 1 unspecified atom stereocenters. The van der Waals surface area contributed by atoms with Crippen molar-refractivity contribution in [3.8, 4) is 11.5 Å². The number of methoxy groups -OCH3 is 1. The van der Waals surface area contributed by atoms with Gasteiger partial charge in [-0.2, -0.15) is 0 Å². The molecule has 102 valence electrons. The van der Waals surface area contributed by atoms with Gasteiger partial charge in [0.1, 0.15) is 6.61 Å². The summed E-state index contributed by atoms with van der Waals surface area (Å²) in [6.07, 6.45) is 0. The Morgan fingerprint density at radius 3 is 2.28 bits per heavy atom. The molecule has 0 amide bonds. The van der Waals surface area contributed by atoms with Crippen molar-refractivity contribution in [2.75, 3.05) is 33.5 Å². The largest absolute Gasteiger partial charge is 0.490 e. The first kappa shape index (κ1) is 14.8. The lowest BCUT2D eigenvalue weighted by Crippen LogP contribution is -2.38. The van der Waals surface area contributed by atoms with Gasteiger partial charge in [0.05, 0.1) is 19.3 Å². The first-order chi connectivity index (χ1) is 8.81. The van der Waals surface area contributed by atoms with Crippen LogP contribution in [0.25, 0.3) is 0 Å². The quantitative estimate of drug-likeness (QED) is 0.731. The van der Waals surface area contributed by atoms with E-state index < -0.39 is 0 Å². The average molecular weight is 253 g/mol. The van der Waals surface area contributed by atoms with Crippen LogP contribution < -0.4 is 14.8 Å². The first-order valence-corrected chi connectivity index (χ1v) is 6.38. The molecule has 0 aliphatic rings. The van der Waals surface area contributed by atoms with Crippen LogP contribution in [0.15, 0.2) is 24.3 Å². The van der Waals surface area contributed by atoms with Crippen molar-refractivity contribution in [3.63, 3.8) is 0 Å². The van der Waals surface area contributed by atoms with E-state index in [4.69, 9.17) is 14.2 Å². The summed E-state index contributed by atoms with van der Waals surface area (Å²) in [5.41, 5.74) is 0. The van der Waals surface area contributed by atoms with Crippen molar-refractivity contribution in [1.29, 1.82) is 0 Å². The van der Waals surface area contributed by atoms with Gasteiger partial charge in [0.25, 0.3) is 0 Å². The van der Waals surface area contributed by atoms with Crippen LogP contribution in [-0.4, -0.2) is 39.5 Å². The molecule has 0 fully saturated rings. The minimum atomic E-state index is 0.190. The van der Waals surface area contributed by atoms with Gasteiger partial charge in [-0.15, -0.1) is 0 Å². The van der Waals surface area contributed by atoms with Crippen molar-refractivity contribution < 1.29 is 14.2 Å². The predicted octanol–water partition coefficient (Wildman–Crippen LogP) is 2.09. The van der Waals surface area contributed by atoms with Gasteiger partial charge in [0, 0.05) is 7.11 Å². The van der Waals surface area contributed by atoms with Gasteiger partial charge >= 0.3 is 0 Å². The van der Waals surface area contributed by atoms with Gasteiger partial charge in [-0.3, -0.25) is 0 Å². The molecule has 1 aromatic rings. The van der Waals surface area contributed by atoms with E-state index in [2.05, 4.69) is 12.2 Å². The lowest BCUT2D eigenvalue weighted by Gasteiger charge is -2.18. The molecule has 0 bridgehead atoms. The Morgan fingerprint density at radius 2 is 1.72 bits per heavy atom. The zero-order chi connectivity index (χ0) is 13.2. The van der Waals surface area contributed by atoms with Gasteiger partial charge in [0.15, 0.2) is 11.5 Å². The second-order valence-electron chi connectivity index (χ2n) is 3.90. The molecule has 0 spiro atoms. The van der Waals surface area contributed by atoms with Crippen LogP contribution in [0.4, 0.5) is 0 Å². The number of para-hydroxylation sites is 2. The Morgan fingerprint density at radius 1 is 1.06 bits per heavy atom. The monoisotopic (exact) mass is 253 g/mol. The summed E-state index contributed by atoms with van der Waals surface area (Å²) in [5, 5.41) is 3.31. The molecule has 4 nitrogen and oxygen atoms in total. The zero-order valence-corrected chi connectivity index (χ0v) is 11.4. The molecule has 1 rings (SSSR count). The van der Waals surface area contributed by atoms with E-state index in [1.54, 1.807) is 7.11 Å². The maximum Gasteiger partial charge on any atom is 0.161 e. The number of ether oxygens (including phenoxy) is 3. The molecule has 18 heavy (non-hydrogen) atoms. The zero-order valence-electron chi connectivity index (χ0n) is 11.4. The Hall–Kier alpha value is -1.26. The number of likely N-dealkylation sites (N-methyl/N-ethyl adjacent to an activating group) is 1. The lowest BCUT2D eigenvalue weighted by molar-refractivity contribution is 0.135. The van der Waals surface area contributed by atoms with Crippen molar-refractivity contribution in [1.82, 2.24) is 5.32 Å². The van der Waals surface area contributed by atoms with Gasteiger partial charge < -0.3 is 19.5 Å². The van der Waals surface area contributed by atoms with Crippen LogP contribution in [-0.2, 0) is 4.74 Å². The van der Waals surface area contributed by atoms with Crippen LogP contribution >= 0.6 is 0 Å². The summed E-state index contributed by atoms with van der Waals surface area (Å²) < 4.78 is 16.5. The fraction of sp³-hybridized carbons (Fsp3) is 0.571. The highest BCUT2D eigenvalue weighted by Crippen LogP contribution is 2.26. The fourth-order valence-corrected chi connectivity index (χ4v) is 1.69. The third-order valence-electron chi connectivity index (χ3n) is 2.45. The molecular formula is C14H23NO3. The topological polar surface area (TPSA) is 39.7 Å². The number of nitrogens with one attached hydrogen (secondary N) is 1. The van der Waals surface area contributed by atoms with Crippen LogP contribution in [0.2, 0.25) is 0 Å². The molecule has 0 aliphatic heterocycles. The highest BCUT2D eigenvalue weighted by molar-refractivity contribution is 5.39. The molecule has 0 aliphatic carbocycles. The van der Waals surface area contributed by atoms with Gasteiger partial charge in [0.2, 0.25) is 0 Å². The second kappa shape index (κ2) is 8.78. The third-order valence-corrected chi connectivity index (χ3v) is 2.45. The average Bonchev–Trinajstić information content (AvgIpc) is 2.38. The van der Waals surface area contributed by atoms with E-state index in [1.807, 2.05) is 31.2 Å². The van der Waals surface area contributed by atoms with E-state index in [-0.39, 0.29) is 6.04 Å². The molecule has 0 saturated carbocycles. The van der Waals surface area contributed by atoms with Gasteiger partial charge in [-0.1, -0.05) is 19.1 Å². The van der Waals surface area contributed by atoms with E-state index in [9.17, 15) is 0 Å². The minimum Gasteiger partial charge on any atom is -0.490 e. The molecule has 1 N–H and O–H groups in total. The molecule has 0 heterocycles. The number of hydrogen-bond acceptors (Lipinski definition) is 4.